The standard InChI is InChI=1S/C15H13ClN4OS2/c1-10-8-22-14(18-10)19-13(21)9-23-15-17-5-6-20(15)12-4-2-3-11(16)7-12/h2-8H,9H2,1H3,(H,18,19,21). The van der Waals surface area contributed by atoms with Crippen LogP contribution in [0, 0.1) is 6.92 Å². The number of hydrogen-bond acceptors (Lipinski definition) is 5. The van der Waals surface area contributed by atoms with Crippen molar-refractivity contribution in [2.75, 3.05) is 11.1 Å². The maximum absolute atomic E-state index is 12.0. The van der Waals surface area contributed by atoms with Crippen LogP contribution in [0.25, 0.3) is 5.69 Å². The van der Waals surface area contributed by atoms with E-state index in [0.29, 0.717) is 10.2 Å². The van der Waals surface area contributed by atoms with Gasteiger partial charge in [0.1, 0.15) is 0 Å². The van der Waals surface area contributed by atoms with Gasteiger partial charge in [0.15, 0.2) is 10.3 Å². The Kier molecular flexibility index (Phi) is 5.00. The molecule has 0 saturated carbocycles. The molecule has 23 heavy (non-hydrogen) atoms. The number of thioether (sulfide) groups is 1. The normalized spacial score (nSPS) is 10.7. The fourth-order valence-electron chi connectivity index (χ4n) is 1.92. The van der Waals surface area contributed by atoms with Crippen molar-refractivity contribution < 1.29 is 4.79 Å². The third kappa shape index (κ3) is 4.13. The minimum Gasteiger partial charge on any atom is -0.301 e. The quantitative estimate of drug-likeness (QED) is 0.694. The predicted molar refractivity (Wildman–Crippen MR) is 94.8 cm³/mol. The number of carbonyl (C=O) groups excluding carboxylic acids is 1. The van der Waals surface area contributed by atoms with Gasteiger partial charge in [-0.25, -0.2) is 9.97 Å². The van der Waals surface area contributed by atoms with Crippen LogP contribution in [0.3, 0.4) is 0 Å². The van der Waals surface area contributed by atoms with E-state index < -0.39 is 0 Å². The van der Waals surface area contributed by atoms with Crippen LogP contribution in [0.15, 0.2) is 47.2 Å². The highest BCUT2D eigenvalue weighted by Gasteiger charge is 2.10. The summed E-state index contributed by atoms with van der Waals surface area (Å²) in [7, 11) is 0. The van der Waals surface area contributed by atoms with Gasteiger partial charge in [-0.15, -0.1) is 11.3 Å². The smallest absolute Gasteiger partial charge is 0.236 e. The number of aryl methyl sites for hydroxylation is 1. The SMILES string of the molecule is Cc1csc(NC(=O)CSc2nccn2-c2cccc(Cl)c2)n1. The van der Waals surface area contributed by atoms with Crippen LogP contribution in [0.5, 0.6) is 0 Å². The van der Waals surface area contributed by atoms with E-state index in [2.05, 4.69) is 15.3 Å². The van der Waals surface area contributed by atoms with Crippen molar-refractivity contribution >= 4 is 45.7 Å². The van der Waals surface area contributed by atoms with Crippen molar-refractivity contribution in [1.82, 2.24) is 14.5 Å². The predicted octanol–water partition coefficient (Wildman–Crippen LogP) is 4.02. The topological polar surface area (TPSA) is 59.8 Å². The first kappa shape index (κ1) is 16.0. The fraction of sp³-hybridized carbons (Fsp3) is 0.133. The Balaban J connectivity index is 1.65. The monoisotopic (exact) mass is 364 g/mol. The lowest BCUT2D eigenvalue weighted by molar-refractivity contribution is -0.113. The number of thiazole rings is 1. The van der Waals surface area contributed by atoms with Crippen molar-refractivity contribution in [3.05, 3.63) is 52.8 Å². The summed E-state index contributed by atoms with van der Waals surface area (Å²) in [6.07, 6.45) is 3.54. The molecule has 1 aromatic carbocycles. The van der Waals surface area contributed by atoms with Gasteiger partial charge in [0.2, 0.25) is 5.91 Å². The third-order valence-electron chi connectivity index (χ3n) is 2.89. The summed E-state index contributed by atoms with van der Waals surface area (Å²) in [5.41, 5.74) is 1.81. The molecule has 2 aromatic heterocycles. The summed E-state index contributed by atoms with van der Waals surface area (Å²) in [6.45, 7) is 1.89. The Hall–Kier alpha value is -1.83. The minimum atomic E-state index is -0.106. The molecular weight excluding hydrogens is 352 g/mol. The maximum Gasteiger partial charge on any atom is 0.236 e. The van der Waals surface area contributed by atoms with Gasteiger partial charge >= 0.3 is 0 Å². The molecule has 8 heteroatoms. The molecule has 0 spiro atoms. The molecular formula is C15H13ClN4OS2. The lowest BCUT2D eigenvalue weighted by Gasteiger charge is -2.07. The maximum atomic E-state index is 12.0. The number of imidazole rings is 1. The molecule has 1 amide bonds. The van der Waals surface area contributed by atoms with Crippen LogP contribution >= 0.6 is 34.7 Å². The average molecular weight is 365 g/mol. The second-order valence-corrected chi connectivity index (χ2v) is 6.93. The summed E-state index contributed by atoms with van der Waals surface area (Å²) in [5, 5.41) is 6.69. The number of benzene rings is 1. The van der Waals surface area contributed by atoms with Crippen molar-refractivity contribution in [3.63, 3.8) is 0 Å². The number of halogens is 1. The van der Waals surface area contributed by atoms with Crippen LogP contribution in [0.4, 0.5) is 5.13 Å². The van der Waals surface area contributed by atoms with Crippen LogP contribution in [-0.2, 0) is 4.79 Å². The van der Waals surface area contributed by atoms with Gasteiger partial charge in [0, 0.05) is 28.5 Å². The van der Waals surface area contributed by atoms with Gasteiger partial charge in [-0.05, 0) is 25.1 Å². The first-order valence-electron chi connectivity index (χ1n) is 6.76. The molecule has 5 nitrogen and oxygen atoms in total. The zero-order valence-corrected chi connectivity index (χ0v) is 14.6. The molecule has 0 aliphatic heterocycles. The van der Waals surface area contributed by atoms with Gasteiger partial charge in [-0.1, -0.05) is 29.4 Å². The van der Waals surface area contributed by atoms with E-state index in [-0.39, 0.29) is 11.7 Å². The number of nitrogens with zero attached hydrogens (tertiary/aromatic N) is 3. The Bertz CT molecular complexity index is 830. The van der Waals surface area contributed by atoms with E-state index in [4.69, 9.17) is 11.6 Å². The summed E-state index contributed by atoms with van der Waals surface area (Å²) in [5.74, 6) is 0.154. The van der Waals surface area contributed by atoms with Gasteiger partial charge < -0.3 is 5.32 Å². The van der Waals surface area contributed by atoms with E-state index >= 15 is 0 Å². The Morgan fingerprint density at radius 3 is 3.09 bits per heavy atom. The molecule has 3 aromatic rings. The van der Waals surface area contributed by atoms with E-state index in [0.717, 1.165) is 16.5 Å². The summed E-state index contributed by atoms with van der Waals surface area (Å²) < 4.78 is 1.90. The molecule has 0 unspecified atom stereocenters. The van der Waals surface area contributed by atoms with E-state index in [1.165, 1.54) is 23.1 Å². The summed E-state index contributed by atoms with van der Waals surface area (Å²) in [4.78, 5) is 20.5. The van der Waals surface area contributed by atoms with Crippen molar-refractivity contribution in [1.29, 1.82) is 0 Å². The average Bonchev–Trinajstić information content (AvgIpc) is 3.14. The molecule has 0 saturated heterocycles. The number of nitrogens with one attached hydrogen (secondary N) is 1. The highest BCUT2D eigenvalue weighted by Crippen LogP contribution is 2.23. The summed E-state index contributed by atoms with van der Waals surface area (Å²) >= 11 is 8.80. The first-order chi connectivity index (χ1) is 11.1. The molecule has 0 bridgehead atoms. The number of aromatic nitrogens is 3. The van der Waals surface area contributed by atoms with Crippen molar-refractivity contribution in [2.24, 2.45) is 0 Å². The second-order valence-electron chi connectivity index (χ2n) is 4.69. The minimum absolute atomic E-state index is 0.106. The van der Waals surface area contributed by atoms with E-state index in [1.807, 2.05) is 47.3 Å². The molecule has 118 valence electrons. The van der Waals surface area contributed by atoms with Crippen LogP contribution in [0.2, 0.25) is 5.02 Å². The third-order valence-corrected chi connectivity index (χ3v) is 4.97. The molecule has 0 aliphatic carbocycles. The molecule has 3 rings (SSSR count). The highest BCUT2D eigenvalue weighted by molar-refractivity contribution is 7.99. The van der Waals surface area contributed by atoms with Crippen LogP contribution < -0.4 is 5.32 Å². The first-order valence-corrected chi connectivity index (χ1v) is 9.00. The van der Waals surface area contributed by atoms with Crippen LogP contribution in [0.1, 0.15) is 5.69 Å². The van der Waals surface area contributed by atoms with E-state index in [9.17, 15) is 4.79 Å². The molecule has 1 N–H and O–H groups in total. The van der Waals surface area contributed by atoms with Crippen molar-refractivity contribution in [3.8, 4) is 5.69 Å². The number of hydrogen-bond donors (Lipinski definition) is 1. The molecule has 2 heterocycles. The highest BCUT2D eigenvalue weighted by atomic mass is 35.5. The molecule has 0 fully saturated rings. The van der Waals surface area contributed by atoms with Crippen LogP contribution in [-0.4, -0.2) is 26.2 Å². The molecule has 0 aliphatic rings. The summed E-state index contributed by atoms with van der Waals surface area (Å²) in [6, 6.07) is 7.49. The molecule has 0 atom stereocenters. The van der Waals surface area contributed by atoms with Gasteiger partial charge in [-0.3, -0.25) is 9.36 Å². The number of rotatable bonds is 5. The Labute approximate surface area is 146 Å². The number of anilines is 1. The zero-order chi connectivity index (χ0) is 16.2. The second kappa shape index (κ2) is 7.16. The zero-order valence-electron chi connectivity index (χ0n) is 12.2. The fourth-order valence-corrected chi connectivity index (χ4v) is 3.58. The van der Waals surface area contributed by atoms with Crippen molar-refractivity contribution in [2.45, 2.75) is 12.1 Å². The largest absolute Gasteiger partial charge is 0.301 e. The Morgan fingerprint density at radius 1 is 1.48 bits per heavy atom. The lowest BCUT2D eigenvalue weighted by atomic mass is 10.3. The van der Waals surface area contributed by atoms with Gasteiger partial charge in [-0.2, -0.15) is 0 Å². The molecule has 0 radical (unpaired) electrons. The van der Waals surface area contributed by atoms with E-state index in [1.54, 1.807) is 6.20 Å². The number of carbonyl (C=O) groups is 1. The Morgan fingerprint density at radius 2 is 2.35 bits per heavy atom. The van der Waals surface area contributed by atoms with Gasteiger partial charge in [0.25, 0.3) is 0 Å². The van der Waals surface area contributed by atoms with Gasteiger partial charge in [0.05, 0.1) is 11.4 Å². The lowest BCUT2D eigenvalue weighted by Crippen LogP contribution is -2.14. The number of amides is 1.